The van der Waals surface area contributed by atoms with Gasteiger partial charge in [0.15, 0.2) is 0 Å². The Balaban J connectivity index is 3.16. The molecule has 0 N–H and O–H groups in total. The Kier molecular flexibility index (Phi) is 2.39. The normalized spacial score (nSPS) is 13.0. The molecule has 1 rings (SSSR count). The molecule has 0 aromatic carbocycles. The highest BCUT2D eigenvalue weighted by molar-refractivity contribution is 7.80. The molecular weight excluding hydrogens is 158 g/mol. The SMILES string of the molecule is CC(S)c1ccn(C)c(=O)c1. The van der Waals surface area contributed by atoms with Crippen molar-refractivity contribution >= 4 is 12.6 Å². The maximum Gasteiger partial charge on any atom is 0.250 e. The van der Waals surface area contributed by atoms with Crippen molar-refractivity contribution in [2.24, 2.45) is 7.05 Å². The molecule has 2 nitrogen and oxygen atoms in total. The van der Waals surface area contributed by atoms with E-state index in [0.29, 0.717) is 0 Å². The molecule has 1 aromatic rings. The molecule has 0 aliphatic carbocycles. The first-order valence-electron chi connectivity index (χ1n) is 3.46. The molecule has 3 heteroatoms. The summed E-state index contributed by atoms with van der Waals surface area (Å²) in [6.07, 6.45) is 1.75. The molecule has 0 radical (unpaired) electrons. The average Bonchev–Trinajstić information content (AvgIpc) is 1.94. The number of hydrogen-bond donors (Lipinski definition) is 1. The predicted octanol–water partition coefficient (Wildman–Crippen LogP) is 1.38. The first-order chi connectivity index (χ1) is 5.11. The second kappa shape index (κ2) is 3.13. The summed E-state index contributed by atoms with van der Waals surface area (Å²) in [6.45, 7) is 1.94. The molecule has 0 fully saturated rings. The van der Waals surface area contributed by atoms with Crippen molar-refractivity contribution in [3.05, 3.63) is 34.2 Å². The second-order valence-electron chi connectivity index (χ2n) is 2.59. The van der Waals surface area contributed by atoms with Gasteiger partial charge in [-0.1, -0.05) is 0 Å². The largest absolute Gasteiger partial charge is 0.319 e. The summed E-state index contributed by atoms with van der Waals surface area (Å²) < 4.78 is 1.54. The van der Waals surface area contributed by atoms with E-state index in [-0.39, 0.29) is 10.8 Å². The van der Waals surface area contributed by atoms with Gasteiger partial charge >= 0.3 is 0 Å². The summed E-state index contributed by atoms with van der Waals surface area (Å²) in [5.74, 6) is 0. The van der Waals surface area contributed by atoms with Gasteiger partial charge in [-0.05, 0) is 18.6 Å². The van der Waals surface area contributed by atoms with Crippen LogP contribution in [0.4, 0.5) is 0 Å². The van der Waals surface area contributed by atoms with Gasteiger partial charge < -0.3 is 4.57 Å². The fourth-order valence-corrected chi connectivity index (χ4v) is 0.984. The smallest absolute Gasteiger partial charge is 0.250 e. The van der Waals surface area contributed by atoms with Crippen LogP contribution in [0, 0.1) is 0 Å². The Hall–Kier alpha value is -0.700. The van der Waals surface area contributed by atoms with Gasteiger partial charge in [0.25, 0.3) is 5.56 Å². The van der Waals surface area contributed by atoms with E-state index in [1.165, 1.54) is 0 Å². The molecule has 1 aromatic heterocycles. The molecule has 0 bridgehead atoms. The van der Waals surface area contributed by atoms with E-state index in [1.807, 2.05) is 13.0 Å². The highest BCUT2D eigenvalue weighted by Gasteiger charge is 1.99. The Morgan fingerprint density at radius 1 is 1.64 bits per heavy atom. The second-order valence-corrected chi connectivity index (χ2v) is 3.36. The maximum absolute atomic E-state index is 11.1. The van der Waals surface area contributed by atoms with Crippen LogP contribution in [0.1, 0.15) is 17.7 Å². The molecule has 0 aliphatic heterocycles. The lowest BCUT2D eigenvalue weighted by Crippen LogP contribution is -2.15. The minimum atomic E-state index is 0.0170. The third-order valence-electron chi connectivity index (χ3n) is 1.61. The Morgan fingerprint density at radius 2 is 2.27 bits per heavy atom. The quantitative estimate of drug-likeness (QED) is 0.630. The number of rotatable bonds is 1. The molecule has 1 atom stereocenters. The molecule has 0 amide bonds. The van der Waals surface area contributed by atoms with Gasteiger partial charge in [0.1, 0.15) is 0 Å². The van der Waals surface area contributed by atoms with Crippen LogP contribution in [-0.2, 0) is 7.05 Å². The van der Waals surface area contributed by atoms with E-state index < -0.39 is 0 Å². The van der Waals surface area contributed by atoms with Gasteiger partial charge in [-0.2, -0.15) is 12.6 Å². The number of thiol groups is 1. The molecule has 1 unspecified atom stereocenters. The number of nitrogens with zero attached hydrogens (tertiary/aromatic N) is 1. The summed E-state index contributed by atoms with van der Waals surface area (Å²) in [4.78, 5) is 11.1. The van der Waals surface area contributed by atoms with Crippen molar-refractivity contribution in [1.82, 2.24) is 4.57 Å². The lowest BCUT2D eigenvalue weighted by Gasteiger charge is -2.03. The average molecular weight is 169 g/mol. The number of hydrogen-bond acceptors (Lipinski definition) is 2. The topological polar surface area (TPSA) is 22.0 Å². The molecule has 0 spiro atoms. The Bertz CT molecular complexity index is 303. The van der Waals surface area contributed by atoms with E-state index in [1.54, 1.807) is 23.9 Å². The van der Waals surface area contributed by atoms with E-state index in [2.05, 4.69) is 12.6 Å². The van der Waals surface area contributed by atoms with Gasteiger partial charge in [0, 0.05) is 24.6 Å². The van der Waals surface area contributed by atoms with Gasteiger partial charge in [-0.15, -0.1) is 0 Å². The van der Waals surface area contributed by atoms with Crippen molar-refractivity contribution in [3.63, 3.8) is 0 Å². The van der Waals surface area contributed by atoms with Crippen LogP contribution in [0.3, 0.4) is 0 Å². The monoisotopic (exact) mass is 169 g/mol. The molecule has 1 heterocycles. The highest BCUT2D eigenvalue weighted by Crippen LogP contribution is 2.15. The van der Waals surface area contributed by atoms with Crippen molar-refractivity contribution in [2.45, 2.75) is 12.2 Å². The van der Waals surface area contributed by atoms with Crippen LogP contribution in [0.15, 0.2) is 23.1 Å². The number of aryl methyl sites for hydroxylation is 1. The third-order valence-corrected chi connectivity index (χ3v) is 1.91. The van der Waals surface area contributed by atoms with Crippen molar-refractivity contribution in [3.8, 4) is 0 Å². The standard InChI is InChI=1S/C8H11NOS/c1-6(11)7-3-4-9(2)8(10)5-7/h3-6,11H,1-2H3. The fourth-order valence-electron chi connectivity index (χ4n) is 0.824. The van der Waals surface area contributed by atoms with Crippen molar-refractivity contribution in [1.29, 1.82) is 0 Å². The van der Waals surface area contributed by atoms with E-state index >= 15 is 0 Å². The summed E-state index contributed by atoms with van der Waals surface area (Å²) >= 11 is 4.22. The van der Waals surface area contributed by atoms with Gasteiger partial charge in [-0.25, -0.2) is 0 Å². The summed E-state index contributed by atoms with van der Waals surface area (Å²) in [5, 5.41) is 0.129. The van der Waals surface area contributed by atoms with Crippen LogP contribution in [0.2, 0.25) is 0 Å². The zero-order valence-corrected chi connectivity index (χ0v) is 7.51. The van der Waals surface area contributed by atoms with Crippen LogP contribution in [0.25, 0.3) is 0 Å². The van der Waals surface area contributed by atoms with Crippen LogP contribution < -0.4 is 5.56 Å². The van der Waals surface area contributed by atoms with E-state index in [4.69, 9.17) is 0 Å². The highest BCUT2D eigenvalue weighted by atomic mass is 32.1. The molecular formula is C8H11NOS. The first kappa shape index (κ1) is 8.40. The number of aromatic nitrogens is 1. The molecule has 11 heavy (non-hydrogen) atoms. The number of pyridine rings is 1. The molecule has 60 valence electrons. The van der Waals surface area contributed by atoms with Crippen molar-refractivity contribution in [2.75, 3.05) is 0 Å². The molecule has 0 saturated carbocycles. The van der Waals surface area contributed by atoms with Gasteiger partial charge in [0.2, 0.25) is 0 Å². The van der Waals surface area contributed by atoms with Crippen LogP contribution >= 0.6 is 12.6 Å². The summed E-state index contributed by atoms with van der Waals surface area (Å²) in [5.41, 5.74) is 0.986. The van der Waals surface area contributed by atoms with E-state index in [9.17, 15) is 4.79 Å². The predicted molar refractivity (Wildman–Crippen MR) is 49.1 cm³/mol. The minimum absolute atomic E-state index is 0.0170. The molecule has 0 saturated heterocycles. The fraction of sp³-hybridized carbons (Fsp3) is 0.375. The van der Waals surface area contributed by atoms with Crippen LogP contribution in [0.5, 0.6) is 0 Å². The van der Waals surface area contributed by atoms with Gasteiger partial charge in [0.05, 0.1) is 0 Å². The lowest BCUT2D eigenvalue weighted by atomic mass is 10.2. The Labute approximate surface area is 71.3 Å². The zero-order valence-electron chi connectivity index (χ0n) is 6.61. The first-order valence-corrected chi connectivity index (χ1v) is 3.97. The zero-order chi connectivity index (χ0) is 8.43. The van der Waals surface area contributed by atoms with Crippen molar-refractivity contribution < 1.29 is 0 Å². The Morgan fingerprint density at radius 3 is 2.73 bits per heavy atom. The minimum Gasteiger partial charge on any atom is -0.319 e. The van der Waals surface area contributed by atoms with Gasteiger partial charge in [-0.3, -0.25) is 4.79 Å². The summed E-state index contributed by atoms with van der Waals surface area (Å²) in [7, 11) is 1.73. The summed E-state index contributed by atoms with van der Waals surface area (Å²) in [6, 6.07) is 3.51. The lowest BCUT2D eigenvalue weighted by molar-refractivity contribution is 0.849. The maximum atomic E-state index is 11.1. The van der Waals surface area contributed by atoms with Crippen LogP contribution in [-0.4, -0.2) is 4.57 Å². The van der Waals surface area contributed by atoms with E-state index in [0.717, 1.165) is 5.56 Å². The third kappa shape index (κ3) is 1.87. The molecule has 0 aliphatic rings.